The van der Waals surface area contributed by atoms with Gasteiger partial charge in [-0.3, -0.25) is 9.35 Å². The molecule has 0 aromatic carbocycles. The van der Waals surface area contributed by atoms with Crippen molar-refractivity contribution in [2.45, 2.75) is 205 Å². The van der Waals surface area contributed by atoms with E-state index in [1.165, 1.54) is 103 Å². The highest BCUT2D eigenvalue weighted by molar-refractivity contribution is 7.80. The van der Waals surface area contributed by atoms with E-state index < -0.39 is 59.8 Å². The fraction of sp³-hybridized carbons (Fsp3) is 0.973. The zero-order valence-corrected chi connectivity index (χ0v) is 32.0. The Bertz CT molecular complexity index is 905. The van der Waals surface area contributed by atoms with Crippen LogP contribution in [0.2, 0.25) is 0 Å². The van der Waals surface area contributed by atoms with E-state index in [0.717, 1.165) is 38.5 Å². The largest absolute Gasteiger partial charge is 0.457 e. The van der Waals surface area contributed by atoms with Crippen LogP contribution < -0.4 is 0 Å². The Morgan fingerprint density at radius 2 is 1.14 bits per heavy atom. The second kappa shape index (κ2) is 30.6. The van der Waals surface area contributed by atoms with E-state index in [-0.39, 0.29) is 19.6 Å². The summed E-state index contributed by atoms with van der Waals surface area (Å²) in [5, 5.41) is 30.5. The molecular formula is C37H72O12S. The Labute approximate surface area is 303 Å². The maximum absolute atomic E-state index is 12.7. The van der Waals surface area contributed by atoms with Crippen molar-refractivity contribution in [2.24, 2.45) is 0 Å². The molecule has 1 fully saturated rings. The number of aliphatic hydroxyl groups is 3. The standard InChI is InChI=1S/C37H72O12S/c1-3-5-7-9-11-13-15-17-19-21-23-25-27-45-29-31(47-33(39)26-24-22-20-18-16-14-12-10-8-6-4-2)30-46-37-35(41)36(49-50(42,43)44)34(40)32(28-38)48-37/h31-32,34-38,40-41H,3-30H2,1-2H3,(H,42,43,44). The van der Waals surface area contributed by atoms with Gasteiger partial charge in [-0.1, -0.05) is 149 Å². The first kappa shape index (κ1) is 47.1. The van der Waals surface area contributed by atoms with Crippen LogP contribution >= 0.6 is 0 Å². The number of esters is 1. The van der Waals surface area contributed by atoms with Gasteiger partial charge in [0.15, 0.2) is 6.29 Å². The molecule has 0 amide bonds. The molecule has 4 N–H and O–H groups in total. The molecule has 0 aromatic heterocycles. The summed E-state index contributed by atoms with van der Waals surface area (Å²) in [5.41, 5.74) is 0. The molecule has 0 aromatic rings. The zero-order valence-electron chi connectivity index (χ0n) is 31.2. The molecule has 1 aliphatic rings. The third-order valence-corrected chi connectivity index (χ3v) is 9.69. The summed E-state index contributed by atoms with van der Waals surface area (Å²) >= 11 is 0. The summed E-state index contributed by atoms with van der Waals surface area (Å²) in [7, 11) is -5.05. The SMILES string of the molecule is CCCCCCCCCCCCCCOCC(COC1OC(CO)C(O)C(OS(=O)(=O)O)C1O)OC(=O)CCCCCCCCCCCCC. The van der Waals surface area contributed by atoms with Gasteiger partial charge in [0.25, 0.3) is 0 Å². The van der Waals surface area contributed by atoms with E-state index in [1.54, 1.807) is 0 Å². The fourth-order valence-electron chi connectivity index (χ4n) is 6.20. The van der Waals surface area contributed by atoms with Crippen molar-refractivity contribution in [3.63, 3.8) is 0 Å². The maximum Gasteiger partial charge on any atom is 0.397 e. The van der Waals surface area contributed by atoms with Crippen molar-refractivity contribution < 1.29 is 56.2 Å². The van der Waals surface area contributed by atoms with Crippen LogP contribution in [0, 0.1) is 0 Å². The Kier molecular flexibility index (Phi) is 28.8. The van der Waals surface area contributed by atoms with Gasteiger partial charge in [0.05, 0.1) is 19.8 Å². The highest BCUT2D eigenvalue weighted by Crippen LogP contribution is 2.26. The Morgan fingerprint density at radius 1 is 0.680 bits per heavy atom. The first-order valence-corrected chi connectivity index (χ1v) is 21.2. The minimum Gasteiger partial charge on any atom is -0.457 e. The normalized spacial score (nSPS) is 21.8. The third-order valence-electron chi connectivity index (χ3n) is 9.23. The molecule has 0 saturated carbocycles. The van der Waals surface area contributed by atoms with E-state index >= 15 is 0 Å². The van der Waals surface area contributed by atoms with Crippen LogP contribution in [0.4, 0.5) is 0 Å². The molecular weight excluding hydrogens is 668 g/mol. The van der Waals surface area contributed by atoms with Crippen LogP contribution in [0.15, 0.2) is 0 Å². The molecule has 50 heavy (non-hydrogen) atoms. The van der Waals surface area contributed by atoms with Gasteiger partial charge in [0.1, 0.15) is 30.5 Å². The number of unbranched alkanes of at least 4 members (excludes halogenated alkanes) is 21. The first-order valence-electron chi connectivity index (χ1n) is 19.8. The van der Waals surface area contributed by atoms with Crippen LogP contribution in [0.25, 0.3) is 0 Å². The second-order valence-corrected chi connectivity index (χ2v) is 14.9. The number of carbonyl (C=O) groups excluding carboxylic acids is 1. The van der Waals surface area contributed by atoms with Crippen LogP contribution in [0.5, 0.6) is 0 Å². The lowest BCUT2D eigenvalue weighted by Crippen LogP contribution is -2.60. The summed E-state index contributed by atoms with van der Waals surface area (Å²) in [6, 6.07) is 0. The molecule has 1 rings (SSSR count). The van der Waals surface area contributed by atoms with Crippen LogP contribution in [0.1, 0.15) is 168 Å². The average molecular weight is 741 g/mol. The summed E-state index contributed by atoms with van der Waals surface area (Å²) in [6.45, 7) is 3.98. The van der Waals surface area contributed by atoms with Crippen molar-refractivity contribution in [3.05, 3.63) is 0 Å². The Hall–Kier alpha value is -0.900. The number of carbonyl (C=O) groups is 1. The van der Waals surface area contributed by atoms with Crippen molar-refractivity contribution >= 4 is 16.4 Å². The van der Waals surface area contributed by atoms with Crippen molar-refractivity contribution in [2.75, 3.05) is 26.4 Å². The van der Waals surface area contributed by atoms with Gasteiger partial charge in [-0.25, -0.2) is 4.18 Å². The number of ether oxygens (including phenoxy) is 4. The topological polar surface area (TPSA) is 178 Å². The van der Waals surface area contributed by atoms with Gasteiger partial charge in [0, 0.05) is 13.0 Å². The molecule has 13 heteroatoms. The minimum atomic E-state index is -5.05. The molecule has 1 aliphatic heterocycles. The zero-order chi connectivity index (χ0) is 36.9. The molecule has 1 saturated heterocycles. The predicted octanol–water partition coefficient (Wildman–Crippen LogP) is 6.96. The summed E-state index contributed by atoms with van der Waals surface area (Å²) < 4.78 is 58.7. The van der Waals surface area contributed by atoms with Crippen LogP contribution in [0.3, 0.4) is 0 Å². The van der Waals surface area contributed by atoms with Gasteiger partial charge in [-0.05, 0) is 12.8 Å². The molecule has 298 valence electrons. The van der Waals surface area contributed by atoms with Crippen LogP contribution in [-0.2, 0) is 38.3 Å². The van der Waals surface area contributed by atoms with E-state index in [0.29, 0.717) is 13.0 Å². The van der Waals surface area contributed by atoms with E-state index in [2.05, 4.69) is 18.0 Å². The van der Waals surface area contributed by atoms with Crippen molar-refractivity contribution in [1.29, 1.82) is 0 Å². The summed E-state index contributed by atoms with van der Waals surface area (Å²) in [4.78, 5) is 12.7. The molecule has 0 bridgehead atoms. The number of aliphatic hydroxyl groups excluding tert-OH is 3. The Balaban J connectivity index is 2.50. The summed E-state index contributed by atoms with van der Waals surface area (Å²) in [5.74, 6) is -0.398. The second-order valence-electron chi connectivity index (χ2n) is 13.9. The van der Waals surface area contributed by atoms with Gasteiger partial charge in [-0.2, -0.15) is 8.42 Å². The van der Waals surface area contributed by atoms with Gasteiger partial charge >= 0.3 is 16.4 Å². The molecule has 6 atom stereocenters. The highest BCUT2D eigenvalue weighted by Gasteiger charge is 2.48. The molecule has 1 heterocycles. The fourth-order valence-corrected chi connectivity index (χ4v) is 6.71. The van der Waals surface area contributed by atoms with Gasteiger partial charge in [-0.15, -0.1) is 0 Å². The lowest BCUT2D eigenvalue weighted by molar-refractivity contribution is -0.301. The smallest absolute Gasteiger partial charge is 0.397 e. The van der Waals surface area contributed by atoms with Crippen molar-refractivity contribution in [3.8, 4) is 0 Å². The molecule has 0 spiro atoms. The average Bonchev–Trinajstić information content (AvgIpc) is 3.08. The molecule has 0 aliphatic carbocycles. The monoisotopic (exact) mass is 740 g/mol. The minimum absolute atomic E-state index is 0.0435. The molecule has 6 unspecified atom stereocenters. The van der Waals surface area contributed by atoms with Gasteiger partial charge in [0.2, 0.25) is 0 Å². The van der Waals surface area contributed by atoms with E-state index in [4.69, 9.17) is 23.5 Å². The first-order chi connectivity index (χ1) is 24.1. The number of hydrogen-bond donors (Lipinski definition) is 4. The lowest BCUT2D eigenvalue weighted by atomic mass is 9.99. The molecule has 0 radical (unpaired) electrons. The molecule has 12 nitrogen and oxygen atoms in total. The third kappa shape index (κ3) is 24.4. The van der Waals surface area contributed by atoms with Crippen molar-refractivity contribution in [1.82, 2.24) is 0 Å². The Morgan fingerprint density at radius 3 is 1.60 bits per heavy atom. The maximum atomic E-state index is 12.7. The number of hydrogen-bond acceptors (Lipinski definition) is 11. The predicted molar refractivity (Wildman–Crippen MR) is 193 cm³/mol. The number of rotatable bonds is 34. The lowest BCUT2D eigenvalue weighted by Gasteiger charge is -2.41. The van der Waals surface area contributed by atoms with E-state index in [9.17, 15) is 28.5 Å². The summed E-state index contributed by atoms with van der Waals surface area (Å²) in [6.07, 6.45) is 18.6. The van der Waals surface area contributed by atoms with Crippen LogP contribution in [-0.4, -0.2) is 97.5 Å². The highest BCUT2D eigenvalue weighted by atomic mass is 32.3. The van der Waals surface area contributed by atoms with E-state index in [1.807, 2.05) is 0 Å². The van der Waals surface area contributed by atoms with Gasteiger partial charge < -0.3 is 34.3 Å². The quantitative estimate of drug-likeness (QED) is 0.0303.